The molecule has 1 aliphatic heterocycles. The highest BCUT2D eigenvalue weighted by Gasteiger charge is 2.17. The number of anilines is 1. The topological polar surface area (TPSA) is 54.0 Å². The lowest BCUT2D eigenvalue weighted by Gasteiger charge is -2.36. The fourth-order valence-electron chi connectivity index (χ4n) is 3.53. The molecule has 0 saturated carbocycles. The van der Waals surface area contributed by atoms with Crippen molar-refractivity contribution in [2.75, 3.05) is 57.9 Å². The summed E-state index contributed by atoms with van der Waals surface area (Å²) < 4.78 is 10.8. The van der Waals surface area contributed by atoms with E-state index in [1.807, 2.05) is 36.4 Å². The van der Waals surface area contributed by atoms with Crippen molar-refractivity contribution < 1.29 is 14.3 Å². The highest BCUT2D eigenvalue weighted by molar-refractivity contribution is 5.77. The summed E-state index contributed by atoms with van der Waals surface area (Å²) in [5, 5.41) is 2.95. The predicted octanol–water partition coefficient (Wildman–Crippen LogP) is 3.14. The average molecular weight is 412 g/mol. The van der Waals surface area contributed by atoms with Crippen LogP contribution >= 0.6 is 0 Å². The third kappa shape index (κ3) is 6.39. The van der Waals surface area contributed by atoms with Gasteiger partial charge in [-0.05, 0) is 47.9 Å². The number of methoxy groups -OCH3 is 1. The van der Waals surface area contributed by atoms with Crippen molar-refractivity contribution in [1.29, 1.82) is 0 Å². The van der Waals surface area contributed by atoms with E-state index in [-0.39, 0.29) is 12.5 Å². The molecule has 0 aromatic heterocycles. The van der Waals surface area contributed by atoms with Crippen LogP contribution in [0.2, 0.25) is 0 Å². The number of ether oxygens (including phenoxy) is 2. The van der Waals surface area contributed by atoms with Crippen LogP contribution in [0.25, 0.3) is 0 Å². The summed E-state index contributed by atoms with van der Waals surface area (Å²) >= 11 is 0. The molecule has 0 spiro atoms. The molecule has 0 unspecified atom stereocenters. The van der Waals surface area contributed by atoms with Crippen LogP contribution in [0.1, 0.15) is 25.3 Å². The maximum absolute atomic E-state index is 12.0. The Balaban J connectivity index is 1.31. The number of amides is 1. The molecule has 1 fully saturated rings. The third-order valence-corrected chi connectivity index (χ3v) is 5.48. The van der Waals surface area contributed by atoms with Crippen LogP contribution in [0.15, 0.2) is 48.5 Å². The van der Waals surface area contributed by atoms with Gasteiger partial charge in [-0.15, -0.1) is 0 Å². The van der Waals surface area contributed by atoms with E-state index >= 15 is 0 Å². The first-order chi connectivity index (χ1) is 14.5. The van der Waals surface area contributed by atoms with Crippen LogP contribution in [-0.2, 0) is 4.79 Å². The standard InChI is InChI=1S/C24H33N3O3/c1-19(2)20-4-8-23(9-5-20)30-18-24(28)25-12-13-26-14-16-27(17-15-26)21-6-10-22(29-3)11-7-21/h4-11,19H,12-18H2,1-3H3,(H,25,28). The largest absolute Gasteiger partial charge is 0.497 e. The molecule has 1 aliphatic rings. The van der Waals surface area contributed by atoms with Gasteiger partial charge in [-0.3, -0.25) is 9.69 Å². The zero-order valence-electron chi connectivity index (χ0n) is 18.3. The van der Waals surface area contributed by atoms with E-state index in [0.29, 0.717) is 12.5 Å². The van der Waals surface area contributed by atoms with Crippen LogP contribution in [0.4, 0.5) is 5.69 Å². The maximum Gasteiger partial charge on any atom is 0.257 e. The molecule has 1 amide bonds. The molecule has 0 radical (unpaired) electrons. The highest BCUT2D eigenvalue weighted by atomic mass is 16.5. The second-order valence-electron chi connectivity index (χ2n) is 7.89. The van der Waals surface area contributed by atoms with Crippen LogP contribution < -0.4 is 19.7 Å². The van der Waals surface area contributed by atoms with Gasteiger partial charge in [0, 0.05) is 45.0 Å². The Morgan fingerprint density at radius 1 is 0.967 bits per heavy atom. The number of nitrogens with zero attached hydrogens (tertiary/aromatic N) is 2. The number of nitrogens with one attached hydrogen (secondary N) is 1. The van der Waals surface area contributed by atoms with Gasteiger partial charge in [0.2, 0.25) is 0 Å². The van der Waals surface area contributed by atoms with E-state index in [2.05, 4.69) is 41.1 Å². The molecule has 2 aromatic rings. The molecule has 0 atom stereocenters. The highest BCUT2D eigenvalue weighted by Crippen LogP contribution is 2.20. The van der Waals surface area contributed by atoms with Crippen LogP contribution in [0.5, 0.6) is 11.5 Å². The van der Waals surface area contributed by atoms with Gasteiger partial charge in [-0.2, -0.15) is 0 Å². The zero-order valence-corrected chi connectivity index (χ0v) is 18.3. The molecule has 6 nitrogen and oxygen atoms in total. The molecule has 2 aromatic carbocycles. The van der Waals surface area contributed by atoms with Crippen molar-refractivity contribution in [3.63, 3.8) is 0 Å². The summed E-state index contributed by atoms with van der Waals surface area (Å²) in [5.41, 5.74) is 2.49. The van der Waals surface area contributed by atoms with Gasteiger partial charge in [0.1, 0.15) is 11.5 Å². The first kappa shape index (κ1) is 22.0. The quantitative estimate of drug-likeness (QED) is 0.687. The Labute approximate surface area is 179 Å². The Bertz CT molecular complexity index is 782. The second-order valence-corrected chi connectivity index (χ2v) is 7.89. The van der Waals surface area contributed by atoms with E-state index in [1.54, 1.807) is 7.11 Å². The van der Waals surface area contributed by atoms with E-state index in [1.165, 1.54) is 11.3 Å². The lowest BCUT2D eigenvalue weighted by molar-refractivity contribution is -0.123. The van der Waals surface area contributed by atoms with Gasteiger partial charge in [0.25, 0.3) is 5.91 Å². The summed E-state index contributed by atoms with van der Waals surface area (Å²) in [5.74, 6) is 2.01. The minimum absolute atomic E-state index is 0.0479. The van der Waals surface area contributed by atoms with Gasteiger partial charge in [0.15, 0.2) is 6.61 Å². The Morgan fingerprint density at radius 3 is 2.20 bits per heavy atom. The smallest absolute Gasteiger partial charge is 0.257 e. The molecule has 162 valence electrons. The van der Waals surface area contributed by atoms with E-state index in [4.69, 9.17) is 9.47 Å². The van der Waals surface area contributed by atoms with Gasteiger partial charge in [0.05, 0.1) is 7.11 Å². The number of hydrogen-bond acceptors (Lipinski definition) is 5. The number of carbonyl (C=O) groups is 1. The molecule has 1 heterocycles. The average Bonchev–Trinajstić information content (AvgIpc) is 2.78. The first-order valence-electron chi connectivity index (χ1n) is 10.7. The summed E-state index contributed by atoms with van der Waals surface area (Å²) in [7, 11) is 1.68. The summed E-state index contributed by atoms with van der Waals surface area (Å²) in [4.78, 5) is 16.8. The Kier molecular flexibility index (Phi) is 7.97. The van der Waals surface area contributed by atoms with E-state index < -0.39 is 0 Å². The number of hydrogen-bond donors (Lipinski definition) is 1. The Morgan fingerprint density at radius 2 is 1.60 bits per heavy atom. The fourth-order valence-corrected chi connectivity index (χ4v) is 3.53. The molecule has 0 bridgehead atoms. The van der Waals surface area contributed by atoms with E-state index in [0.717, 1.165) is 44.2 Å². The van der Waals surface area contributed by atoms with Crippen LogP contribution in [-0.4, -0.2) is 63.8 Å². The number of carbonyl (C=O) groups excluding carboxylic acids is 1. The molecule has 3 rings (SSSR count). The summed E-state index contributed by atoms with van der Waals surface area (Å²) in [6.07, 6.45) is 0. The van der Waals surface area contributed by atoms with Crippen molar-refractivity contribution in [1.82, 2.24) is 10.2 Å². The zero-order chi connectivity index (χ0) is 21.3. The summed E-state index contributed by atoms with van der Waals surface area (Å²) in [6, 6.07) is 16.1. The molecular formula is C24H33N3O3. The van der Waals surface area contributed by atoms with E-state index in [9.17, 15) is 4.79 Å². The van der Waals surface area contributed by atoms with Crippen molar-refractivity contribution in [3.05, 3.63) is 54.1 Å². The van der Waals surface area contributed by atoms with Gasteiger partial charge >= 0.3 is 0 Å². The molecule has 30 heavy (non-hydrogen) atoms. The Hall–Kier alpha value is -2.73. The molecule has 0 aliphatic carbocycles. The number of benzene rings is 2. The van der Waals surface area contributed by atoms with Crippen molar-refractivity contribution in [3.8, 4) is 11.5 Å². The molecule has 1 N–H and O–H groups in total. The van der Waals surface area contributed by atoms with Crippen molar-refractivity contribution in [2.45, 2.75) is 19.8 Å². The number of piperazine rings is 1. The van der Waals surface area contributed by atoms with Crippen molar-refractivity contribution in [2.24, 2.45) is 0 Å². The van der Waals surface area contributed by atoms with Gasteiger partial charge in [-0.1, -0.05) is 26.0 Å². The monoisotopic (exact) mass is 411 g/mol. The number of rotatable bonds is 9. The molecule has 1 saturated heterocycles. The third-order valence-electron chi connectivity index (χ3n) is 5.48. The maximum atomic E-state index is 12.0. The lowest BCUT2D eigenvalue weighted by atomic mass is 10.0. The minimum atomic E-state index is -0.0835. The second kappa shape index (κ2) is 10.9. The SMILES string of the molecule is COc1ccc(N2CCN(CCNC(=O)COc3ccc(C(C)C)cc3)CC2)cc1. The van der Waals surface area contributed by atoms with Crippen LogP contribution in [0, 0.1) is 0 Å². The summed E-state index contributed by atoms with van der Waals surface area (Å²) in [6.45, 7) is 9.78. The predicted molar refractivity (Wildman–Crippen MR) is 121 cm³/mol. The minimum Gasteiger partial charge on any atom is -0.497 e. The molecular weight excluding hydrogens is 378 g/mol. The van der Waals surface area contributed by atoms with Crippen molar-refractivity contribution >= 4 is 11.6 Å². The van der Waals surface area contributed by atoms with Gasteiger partial charge in [-0.25, -0.2) is 0 Å². The van der Waals surface area contributed by atoms with Gasteiger partial charge < -0.3 is 19.7 Å². The normalized spacial score (nSPS) is 14.6. The van der Waals surface area contributed by atoms with Crippen LogP contribution in [0.3, 0.4) is 0 Å². The first-order valence-corrected chi connectivity index (χ1v) is 10.7. The lowest BCUT2D eigenvalue weighted by Crippen LogP contribution is -2.48. The fraction of sp³-hybridized carbons (Fsp3) is 0.458. The molecule has 6 heteroatoms.